The molecule has 1 rings (SSSR count). The molecule has 0 atom stereocenters. The van der Waals surface area contributed by atoms with Crippen molar-refractivity contribution in [3.63, 3.8) is 0 Å². The van der Waals surface area contributed by atoms with Crippen LogP contribution in [0, 0.1) is 6.20 Å². The largest absolute Gasteiger partial charge is 1.00 e. The van der Waals surface area contributed by atoms with Gasteiger partial charge in [0.2, 0.25) is 0 Å². The third-order valence-electron chi connectivity index (χ3n) is 0.708. The topological polar surface area (TPSA) is 72.3 Å². The Bertz CT molecular complexity index is 226. The van der Waals surface area contributed by atoms with Gasteiger partial charge in [0.25, 0.3) is 5.97 Å². The smallest absolute Gasteiger partial charge is 0.495 e. The Balaban J connectivity index is 0. The van der Waals surface area contributed by atoms with Crippen LogP contribution < -0.4 is 23.6 Å². The van der Waals surface area contributed by atoms with E-state index in [2.05, 4.69) is 16.2 Å². The molecule has 0 aromatic carbocycles. The number of nitrogens with zero attached hydrogens (tertiary/aromatic N) is 2. The van der Waals surface area contributed by atoms with E-state index < -0.39 is 5.97 Å². The Morgan fingerprint density at radius 1 is 1.69 bits per heavy atom. The molecule has 0 unspecified atom stereocenters. The van der Waals surface area contributed by atoms with Gasteiger partial charge in [-0.15, -0.1) is 6.20 Å². The molecule has 1 N–H and O–H groups in total. The molecule has 0 radical (unpaired) electrons. The first-order valence-corrected chi connectivity index (χ1v) is 3.08. The summed E-state index contributed by atoms with van der Waals surface area (Å²) >= 11 is 0. The number of methoxy groups -OCH3 is 1. The molecule has 0 saturated heterocycles. The number of rotatable bonds is 1. The van der Waals surface area contributed by atoms with Crippen LogP contribution in [-0.2, 0) is 4.79 Å². The number of aliphatic carboxylic acids is 1. The average Bonchev–Trinajstić information content (AvgIpc) is 2.05. The Kier molecular flexibility index (Phi) is 10.1. The van der Waals surface area contributed by atoms with Crippen molar-refractivity contribution in [1.82, 2.24) is 9.97 Å². The summed E-state index contributed by atoms with van der Waals surface area (Å²) in [5.41, 5.74) is 0. The zero-order valence-corrected chi connectivity index (χ0v) is 7.81. The molecule has 13 heavy (non-hydrogen) atoms. The van der Waals surface area contributed by atoms with Crippen molar-refractivity contribution in [3.8, 4) is 5.88 Å². The van der Waals surface area contributed by atoms with Crippen LogP contribution in [0.15, 0.2) is 12.4 Å². The second-order valence-corrected chi connectivity index (χ2v) is 1.71. The van der Waals surface area contributed by atoms with Crippen LogP contribution >= 0.6 is 0 Å². The van der Waals surface area contributed by atoms with Gasteiger partial charge in [-0.25, -0.2) is 0 Å². The summed E-state index contributed by atoms with van der Waals surface area (Å²) < 4.78 is 4.72. The van der Waals surface area contributed by atoms with Crippen LogP contribution in [0.1, 0.15) is 6.92 Å². The summed E-state index contributed by atoms with van der Waals surface area (Å²) in [6.45, 7) is 1.08. The van der Waals surface area contributed by atoms with Gasteiger partial charge in [-0.1, -0.05) is 6.20 Å². The van der Waals surface area contributed by atoms with Crippen LogP contribution in [-0.4, -0.2) is 28.2 Å². The van der Waals surface area contributed by atoms with E-state index in [4.69, 9.17) is 14.6 Å². The fourth-order valence-corrected chi connectivity index (χ4v) is 0.357. The van der Waals surface area contributed by atoms with Gasteiger partial charge in [0.1, 0.15) is 5.88 Å². The Morgan fingerprint density at radius 3 is 2.46 bits per heavy atom. The molecular formula is C7H9LiN2O3. The first-order chi connectivity index (χ1) is 5.66. The van der Waals surface area contributed by atoms with Gasteiger partial charge in [-0.05, 0) is 6.20 Å². The van der Waals surface area contributed by atoms with Crippen LogP contribution in [0.3, 0.4) is 0 Å². The van der Waals surface area contributed by atoms with Gasteiger partial charge in [-0.3, -0.25) is 9.78 Å². The molecule has 0 saturated carbocycles. The Labute approximate surface area is 88.3 Å². The second kappa shape index (κ2) is 9.04. The van der Waals surface area contributed by atoms with Gasteiger partial charge >= 0.3 is 18.9 Å². The monoisotopic (exact) mass is 176 g/mol. The minimum Gasteiger partial charge on any atom is -0.495 e. The molecule has 0 spiro atoms. The Hall–Kier alpha value is -1.05. The van der Waals surface area contributed by atoms with E-state index in [0.717, 1.165) is 6.92 Å². The van der Waals surface area contributed by atoms with E-state index in [0.29, 0.717) is 5.88 Å². The third kappa shape index (κ3) is 10.9. The third-order valence-corrected chi connectivity index (χ3v) is 0.708. The minimum absolute atomic E-state index is 0. The van der Waals surface area contributed by atoms with E-state index in [-0.39, 0.29) is 18.9 Å². The van der Waals surface area contributed by atoms with E-state index in [1.54, 1.807) is 7.11 Å². The van der Waals surface area contributed by atoms with Crippen LogP contribution in [0.2, 0.25) is 0 Å². The maximum absolute atomic E-state index is 9.00. The summed E-state index contributed by atoms with van der Waals surface area (Å²) in [7, 11) is 1.55. The molecule has 66 valence electrons. The quantitative estimate of drug-likeness (QED) is 0.374. The summed E-state index contributed by atoms with van der Waals surface area (Å²) in [4.78, 5) is 16.4. The van der Waals surface area contributed by atoms with Crippen molar-refractivity contribution < 1.29 is 33.5 Å². The van der Waals surface area contributed by atoms with E-state index in [9.17, 15) is 0 Å². The van der Waals surface area contributed by atoms with Gasteiger partial charge in [-0.2, -0.15) is 0 Å². The summed E-state index contributed by atoms with van der Waals surface area (Å²) in [5, 5.41) is 7.42. The molecule has 1 heterocycles. The number of aromatic nitrogens is 2. The molecule has 0 aliphatic carbocycles. The summed E-state index contributed by atoms with van der Waals surface area (Å²) in [6.07, 6.45) is 5.48. The molecule has 1 aromatic rings. The molecule has 6 heteroatoms. The molecular weight excluding hydrogens is 167 g/mol. The van der Waals surface area contributed by atoms with Crippen LogP contribution in [0.4, 0.5) is 0 Å². The number of hydrogen-bond acceptors (Lipinski definition) is 4. The van der Waals surface area contributed by atoms with Gasteiger partial charge < -0.3 is 14.8 Å². The predicted molar refractivity (Wildman–Crippen MR) is 40.7 cm³/mol. The molecule has 0 aliphatic rings. The van der Waals surface area contributed by atoms with E-state index in [1.165, 1.54) is 12.4 Å². The SMILES string of the molecule is CC(=O)O.COc1cn[c-]cn1.[Li+]. The fourth-order valence-electron chi connectivity index (χ4n) is 0.357. The molecule has 0 bridgehead atoms. The van der Waals surface area contributed by atoms with Crippen LogP contribution in [0.25, 0.3) is 0 Å². The molecule has 0 amide bonds. The van der Waals surface area contributed by atoms with Gasteiger partial charge in [0, 0.05) is 6.92 Å². The number of carboxylic acid groups (broad SMARTS) is 1. The predicted octanol–water partition coefficient (Wildman–Crippen LogP) is -2.62. The summed E-state index contributed by atoms with van der Waals surface area (Å²) in [6, 6.07) is 0. The standard InChI is InChI=1S/C5H5N2O.C2H4O2.Li/c1-8-5-4-6-2-3-7-5;1-2(3)4;/h3-4H,1H3;1H3,(H,3,4);/q-1;;+1. The number of ether oxygens (including phenoxy) is 1. The number of carboxylic acids is 1. The molecule has 5 nitrogen and oxygen atoms in total. The normalized spacial score (nSPS) is 7.23. The van der Waals surface area contributed by atoms with Crippen molar-refractivity contribution in [1.29, 1.82) is 0 Å². The summed E-state index contributed by atoms with van der Waals surface area (Å²) in [5.74, 6) is -0.316. The maximum Gasteiger partial charge on any atom is 1.00 e. The van der Waals surface area contributed by atoms with Crippen molar-refractivity contribution in [3.05, 3.63) is 18.6 Å². The zero-order chi connectivity index (χ0) is 9.40. The number of hydrogen-bond donors (Lipinski definition) is 1. The first-order valence-electron chi connectivity index (χ1n) is 3.08. The average molecular weight is 176 g/mol. The van der Waals surface area contributed by atoms with Crippen molar-refractivity contribution in [2.45, 2.75) is 6.92 Å². The second-order valence-electron chi connectivity index (χ2n) is 1.71. The molecule has 1 aromatic heterocycles. The van der Waals surface area contributed by atoms with E-state index >= 15 is 0 Å². The first kappa shape index (κ1) is 14.5. The van der Waals surface area contributed by atoms with E-state index in [1.807, 2.05) is 0 Å². The van der Waals surface area contributed by atoms with Gasteiger partial charge in [0.05, 0.1) is 7.11 Å². The van der Waals surface area contributed by atoms with Crippen molar-refractivity contribution in [2.24, 2.45) is 0 Å². The molecule has 0 aliphatic heterocycles. The maximum atomic E-state index is 9.00. The number of carbonyl (C=O) groups is 1. The van der Waals surface area contributed by atoms with Crippen LogP contribution in [0.5, 0.6) is 5.88 Å². The molecule has 0 fully saturated rings. The fraction of sp³-hybridized carbons (Fsp3) is 0.286. The minimum atomic E-state index is -0.833. The zero-order valence-electron chi connectivity index (χ0n) is 7.81. The van der Waals surface area contributed by atoms with Gasteiger partial charge in [0.15, 0.2) is 0 Å². The van der Waals surface area contributed by atoms with Crippen molar-refractivity contribution in [2.75, 3.05) is 7.11 Å². The van der Waals surface area contributed by atoms with Crippen molar-refractivity contribution >= 4 is 5.97 Å². The Morgan fingerprint density at radius 2 is 2.23 bits per heavy atom.